The van der Waals surface area contributed by atoms with Gasteiger partial charge in [0.2, 0.25) is 5.91 Å². The summed E-state index contributed by atoms with van der Waals surface area (Å²) in [5, 5.41) is 8.47. The van der Waals surface area contributed by atoms with Crippen molar-refractivity contribution in [1.29, 1.82) is 0 Å². The molecule has 0 aliphatic rings. The van der Waals surface area contributed by atoms with E-state index in [1.54, 1.807) is 11.9 Å². The first-order valence-electron chi connectivity index (χ1n) is 5.67. The number of thioether (sulfide) groups is 1. The number of carboxylic acid groups (broad SMARTS) is 1. The van der Waals surface area contributed by atoms with Crippen molar-refractivity contribution in [2.24, 2.45) is 0 Å². The first-order chi connectivity index (χ1) is 8.59. The Morgan fingerprint density at radius 2 is 1.89 bits per heavy atom. The summed E-state index contributed by atoms with van der Waals surface area (Å²) < 4.78 is 0. The van der Waals surface area contributed by atoms with Crippen molar-refractivity contribution in [2.45, 2.75) is 6.42 Å². The van der Waals surface area contributed by atoms with Crippen LogP contribution in [0.4, 0.5) is 0 Å². The fourth-order valence-electron chi connectivity index (χ4n) is 1.40. The average molecular weight is 267 g/mol. The Kier molecular flexibility index (Phi) is 6.28. The minimum Gasteiger partial charge on any atom is -0.481 e. The lowest BCUT2D eigenvalue weighted by Gasteiger charge is -2.16. The van der Waals surface area contributed by atoms with Crippen LogP contribution in [0.2, 0.25) is 0 Å². The van der Waals surface area contributed by atoms with Crippen LogP contribution >= 0.6 is 11.8 Å². The summed E-state index contributed by atoms with van der Waals surface area (Å²) in [6.07, 6.45) is 0.812. The van der Waals surface area contributed by atoms with E-state index in [9.17, 15) is 9.59 Å². The second kappa shape index (κ2) is 7.76. The van der Waals surface area contributed by atoms with Gasteiger partial charge in [-0.2, -0.15) is 0 Å². The number of nitrogens with zero attached hydrogens (tertiary/aromatic N) is 1. The van der Waals surface area contributed by atoms with Gasteiger partial charge >= 0.3 is 5.97 Å². The van der Waals surface area contributed by atoms with Crippen LogP contribution in [0.3, 0.4) is 0 Å². The van der Waals surface area contributed by atoms with Gasteiger partial charge in [0, 0.05) is 13.6 Å². The molecule has 0 fully saturated rings. The van der Waals surface area contributed by atoms with E-state index in [0.717, 1.165) is 18.2 Å². The fourth-order valence-corrected chi connectivity index (χ4v) is 2.07. The molecule has 0 radical (unpaired) electrons. The molecular formula is C13H17NO3S. The maximum Gasteiger partial charge on any atom is 0.313 e. The topological polar surface area (TPSA) is 57.6 Å². The lowest BCUT2D eigenvalue weighted by atomic mass is 10.1. The summed E-state index contributed by atoms with van der Waals surface area (Å²) >= 11 is 1.13. The van der Waals surface area contributed by atoms with E-state index in [4.69, 9.17) is 5.11 Å². The molecule has 1 aromatic rings. The number of carboxylic acids is 1. The van der Waals surface area contributed by atoms with Crippen LogP contribution in [0.15, 0.2) is 30.3 Å². The lowest BCUT2D eigenvalue weighted by molar-refractivity contribution is -0.133. The average Bonchev–Trinajstić information content (AvgIpc) is 2.36. The number of hydrogen-bond donors (Lipinski definition) is 1. The summed E-state index contributed by atoms with van der Waals surface area (Å²) in [6.45, 7) is 0.649. The number of hydrogen-bond acceptors (Lipinski definition) is 3. The van der Waals surface area contributed by atoms with E-state index in [2.05, 4.69) is 0 Å². The van der Waals surface area contributed by atoms with Crippen LogP contribution in [0, 0.1) is 0 Å². The molecule has 4 nitrogen and oxygen atoms in total. The van der Waals surface area contributed by atoms with E-state index >= 15 is 0 Å². The van der Waals surface area contributed by atoms with Gasteiger partial charge in [-0.25, -0.2) is 0 Å². The first kappa shape index (κ1) is 14.6. The zero-order chi connectivity index (χ0) is 13.4. The molecule has 1 N–H and O–H groups in total. The summed E-state index contributed by atoms with van der Waals surface area (Å²) in [5.74, 6) is -0.729. The normalized spacial score (nSPS) is 10.1. The van der Waals surface area contributed by atoms with Gasteiger partial charge in [-0.3, -0.25) is 9.59 Å². The third-order valence-electron chi connectivity index (χ3n) is 2.46. The smallest absolute Gasteiger partial charge is 0.313 e. The predicted molar refractivity (Wildman–Crippen MR) is 72.7 cm³/mol. The van der Waals surface area contributed by atoms with Crippen LogP contribution < -0.4 is 0 Å². The van der Waals surface area contributed by atoms with E-state index in [1.165, 1.54) is 5.56 Å². The van der Waals surface area contributed by atoms with Gasteiger partial charge in [0.05, 0.1) is 11.5 Å². The highest BCUT2D eigenvalue weighted by Gasteiger charge is 2.09. The Morgan fingerprint density at radius 3 is 2.50 bits per heavy atom. The molecule has 18 heavy (non-hydrogen) atoms. The van der Waals surface area contributed by atoms with Crippen molar-refractivity contribution in [3.05, 3.63) is 35.9 Å². The molecule has 0 aromatic heterocycles. The minimum atomic E-state index is -0.889. The number of carbonyl (C=O) groups is 2. The maximum absolute atomic E-state index is 11.7. The molecule has 0 heterocycles. The molecule has 0 unspecified atom stereocenters. The standard InChI is InChI=1S/C13H17NO3S/c1-14(12(15)9-18-10-13(16)17)8-7-11-5-3-2-4-6-11/h2-6H,7-10H2,1H3,(H,16,17). The molecule has 0 aliphatic heterocycles. The van der Waals surface area contributed by atoms with E-state index in [-0.39, 0.29) is 17.4 Å². The van der Waals surface area contributed by atoms with Crippen LogP contribution in [0.1, 0.15) is 5.56 Å². The molecule has 0 atom stereocenters. The summed E-state index contributed by atoms with van der Waals surface area (Å²) in [5.41, 5.74) is 1.19. The van der Waals surface area contributed by atoms with Gasteiger partial charge < -0.3 is 10.0 Å². The fraction of sp³-hybridized carbons (Fsp3) is 0.385. The second-order valence-corrected chi connectivity index (χ2v) is 4.92. The molecule has 5 heteroatoms. The minimum absolute atomic E-state index is 0.0295. The van der Waals surface area contributed by atoms with Gasteiger partial charge in [0.25, 0.3) is 0 Å². The Hall–Kier alpha value is -1.49. The number of amides is 1. The molecule has 98 valence electrons. The zero-order valence-corrected chi connectivity index (χ0v) is 11.2. The zero-order valence-electron chi connectivity index (χ0n) is 10.3. The van der Waals surface area contributed by atoms with E-state index in [1.807, 2.05) is 30.3 Å². The number of rotatable bonds is 7. The van der Waals surface area contributed by atoms with Gasteiger partial charge in [-0.05, 0) is 12.0 Å². The van der Waals surface area contributed by atoms with Crippen molar-refractivity contribution >= 4 is 23.6 Å². The largest absolute Gasteiger partial charge is 0.481 e. The highest BCUT2D eigenvalue weighted by molar-refractivity contribution is 8.00. The Bertz CT molecular complexity index is 394. The SMILES string of the molecule is CN(CCc1ccccc1)C(=O)CSCC(=O)O. The number of aliphatic carboxylic acids is 1. The van der Waals surface area contributed by atoms with Crippen molar-refractivity contribution in [2.75, 3.05) is 25.1 Å². The Balaban J connectivity index is 2.25. The van der Waals surface area contributed by atoms with Crippen LogP contribution in [-0.2, 0) is 16.0 Å². The third-order valence-corrected chi connectivity index (χ3v) is 3.36. The number of benzene rings is 1. The highest BCUT2D eigenvalue weighted by Crippen LogP contribution is 2.04. The van der Waals surface area contributed by atoms with Gasteiger partial charge in [0.15, 0.2) is 0 Å². The van der Waals surface area contributed by atoms with Gasteiger partial charge in [-0.1, -0.05) is 30.3 Å². The van der Waals surface area contributed by atoms with E-state index in [0.29, 0.717) is 6.54 Å². The van der Waals surface area contributed by atoms with Crippen molar-refractivity contribution in [1.82, 2.24) is 4.90 Å². The van der Waals surface area contributed by atoms with Gasteiger partial charge in [0.1, 0.15) is 0 Å². The van der Waals surface area contributed by atoms with Gasteiger partial charge in [-0.15, -0.1) is 11.8 Å². The van der Waals surface area contributed by atoms with Crippen molar-refractivity contribution in [3.8, 4) is 0 Å². The molecule has 0 saturated heterocycles. The summed E-state index contributed by atoms with van der Waals surface area (Å²) in [7, 11) is 1.74. The second-order valence-electron chi connectivity index (χ2n) is 3.94. The molecule has 1 amide bonds. The monoisotopic (exact) mass is 267 g/mol. The highest BCUT2D eigenvalue weighted by atomic mass is 32.2. The Morgan fingerprint density at radius 1 is 1.22 bits per heavy atom. The Labute approximate surface area is 111 Å². The molecule has 0 saturated carbocycles. The quantitative estimate of drug-likeness (QED) is 0.813. The van der Waals surface area contributed by atoms with Crippen LogP contribution in [0.5, 0.6) is 0 Å². The van der Waals surface area contributed by atoms with E-state index < -0.39 is 5.97 Å². The lowest BCUT2D eigenvalue weighted by Crippen LogP contribution is -2.30. The molecule has 0 aliphatic carbocycles. The molecule has 1 aromatic carbocycles. The number of carbonyl (C=O) groups excluding carboxylic acids is 1. The molecule has 0 bridgehead atoms. The molecule has 0 spiro atoms. The van der Waals surface area contributed by atoms with Crippen LogP contribution in [0.25, 0.3) is 0 Å². The predicted octanol–water partition coefficient (Wildman–Crippen LogP) is 1.51. The maximum atomic E-state index is 11.7. The summed E-state index contributed by atoms with van der Waals surface area (Å²) in [4.78, 5) is 23.6. The molecule has 1 rings (SSSR count). The molecular weight excluding hydrogens is 250 g/mol. The van der Waals surface area contributed by atoms with Crippen molar-refractivity contribution in [3.63, 3.8) is 0 Å². The third kappa shape index (κ3) is 5.72. The summed E-state index contributed by atoms with van der Waals surface area (Å²) in [6, 6.07) is 9.95. The van der Waals surface area contributed by atoms with Crippen molar-refractivity contribution < 1.29 is 14.7 Å². The first-order valence-corrected chi connectivity index (χ1v) is 6.82. The number of likely N-dealkylation sites (N-methyl/N-ethyl adjacent to an activating group) is 1. The van der Waals surface area contributed by atoms with Crippen LogP contribution in [-0.4, -0.2) is 47.0 Å².